The Hall–Kier alpha value is -3.25. The van der Waals surface area contributed by atoms with Crippen molar-refractivity contribution in [2.45, 2.75) is 31.6 Å². The number of carbonyl (C=O) groups excluding carboxylic acids is 2. The highest BCUT2D eigenvalue weighted by Gasteiger charge is 2.42. The highest BCUT2D eigenvalue weighted by Crippen LogP contribution is 2.48. The Morgan fingerprint density at radius 1 is 1.12 bits per heavy atom. The molecule has 2 aliphatic heterocycles. The van der Waals surface area contributed by atoms with Crippen LogP contribution in [0.15, 0.2) is 65.0 Å². The van der Waals surface area contributed by atoms with Crippen LogP contribution in [-0.4, -0.2) is 25.7 Å². The van der Waals surface area contributed by atoms with Crippen LogP contribution in [0.5, 0.6) is 11.5 Å². The minimum Gasteiger partial charge on any atom is -0.466 e. The van der Waals surface area contributed by atoms with E-state index < -0.39 is 11.9 Å². The molecule has 0 aromatic heterocycles. The van der Waals surface area contributed by atoms with Crippen molar-refractivity contribution in [2.75, 3.05) is 13.9 Å². The zero-order valence-electron chi connectivity index (χ0n) is 17.7. The maximum Gasteiger partial charge on any atom is 0.336 e. The number of hydrogen-bond donors (Lipinski definition) is 1. The Morgan fingerprint density at radius 3 is 2.69 bits per heavy atom. The van der Waals surface area contributed by atoms with Crippen LogP contribution in [-0.2, 0) is 14.3 Å². The Labute approximate surface area is 190 Å². The van der Waals surface area contributed by atoms with Gasteiger partial charge in [-0.05, 0) is 48.6 Å². The maximum absolute atomic E-state index is 13.5. The fraction of sp³-hybridized carbons (Fsp3) is 0.280. The summed E-state index contributed by atoms with van der Waals surface area (Å²) >= 11 is 6.43. The second-order valence-corrected chi connectivity index (χ2v) is 8.55. The van der Waals surface area contributed by atoms with E-state index in [1.807, 2.05) is 49.4 Å². The number of ketones is 1. The molecule has 0 amide bonds. The smallest absolute Gasteiger partial charge is 0.336 e. The molecule has 164 valence electrons. The molecule has 0 fully saturated rings. The molecule has 6 nitrogen and oxygen atoms in total. The summed E-state index contributed by atoms with van der Waals surface area (Å²) in [7, 11) is 1.35. The number of methoxy groups -OCH3 is 1. The van der Waals surface area contributed by atoms with Crippen LogP contribution >= 0.6 is 11.6 Å². The van der Waals surface area contributed by atoms with Gasteiger partial charge in [0.05, 0.1) is 12.7 Å². The average Bonchev–Trinajstić information content (AvgIpc) is 3.25. The van der Waals surface area contributed by atoms with Gasteiger partial charge in [-0.25, -0.2) is 4.79 Å². The number of allylic oxidation sites excluding steroid dienone is 3. The van der Waals surface area contributed by atoms with E-state index in [2.05, 4.69) is 5.32 Å². The van der Waals surface area contributed by atoms with Gasteiger partial charge in [-0.3, -0.25) is 4.79 Å². The van der Waals surface area contributed by atoms with E-state index in [1.54, 1.807) is 0 Å². The molecule has 0 spiro atoms. The highest BCUT2D eigenvalue weighted by atomic mass is 35.5. The number of benzene rings is 2. The molecule has 0 radical (unpaired) electrons. The number of nitrogens with one attached hydrogen (secondary N) is 1. The molecular weight excluding hydrogens is 430 g/mol. The van der Waals surface area contributed by atoms with Crippen molar-refractivity contribution in [1.82, 2.24) is 5.32 Å². The number of carbonyl (C=O) groups is 2. The van der Waals surface area contributed by atoms with E-state index >= 15 is 0 Å². The fourth-order valence-corrected chi connectivity index (χ4v) is 5.16. The minimum atomic E-state index is -0.548. The van der Waals surface area contributed by atoms with Gasteiger partial charge in [0.1, 0.15) is 0 Å². The number of esters is 1. The summed E-state index contributed by atoms with van der Waals surface area (Å²) in [6.07, 6.45) is 0.941. The summed E-state index contributed by atoms with van der Waals surface area (Å²) in [5.74, 6) is 0.180. The van der Waals surface area contributed by atoms with E-state index in [-0.39, 0.29) is 18.5 Å². The van der Waals surface area contributed by atoms with Crippen molar-refractivity contribution in [3.63, 3.8) is 0 Å². The van der Waals surface area contributed by atoms with Gasteiger partial charge in [0, 0.05) is 34.3 Å². The lowest BCUT2D eigenvalue weighted by Crippen LogP contribution is -2.36. The van der Waals surface area contributed by atoms with Crippen LogP contribution in [0.3, 0.4) is 0 Å². The zero-order chi connectivity index (χ0) is 22.4. The molecule has 1 N–H and O–H groups in total. The first-order valence-electron chi connectivity index (χ1n) is 10.4. The van der Waals surface area contributed by atoms with Gasteiger partial charge in [-0.15, -0.1) is 0 Å². The zero-order valence-corrected chi connectivity index (χ0v) is 18.5. The molecule has 0 saturated heterocycles. The summed E-state index contributed by atoms with van der Waals surface area (Å²) in [5, 5.41) is 3.98. The number of halogens is 1. The summed E-state index contributed by atoms with van der Waals surface area (Å²) in [5.41, 5.74) is 4.25. The van der Waals surface area contributed by atoms with Gasteiger partial charge < -0.3 is 19.5 Å². The maximum atomic E-state index is 13.5. The molecular formula is C25H22ClNO5. The first kappa shape index (κ1) is 20.6. The SMILES string of the molecule is COC(=O)C1=C(C)NC2=C(C(=O)C[C@@H](c3ccccc3Cl)C2)[C@H]1c1ccc2c(c1)OCO2. The summed E-state index contributed by atoms with van der Waals surface area (Å²) < 4.78 is 16.1. The highest BCUT2D eigenvalue weighted by molar-refractivity contribution is 6.31. The van der Waals surface area contributed by atoms with Crippen LogP contribution in [0.2, 0.25) is 5.02 Å². The molecule has 7 heteroatoms. The third kappa shape index (κ3) is 3.35. The summed E-state index contributed by atoms with van der Waals surface area (Å²) in [4.78, 5) is 26.3. The molecule has 0 unspecified atom stereocenters. The van der Waals surface area contributed by atoms with E-state index in [1.165, 1.54) is 7.11 Å². The monoisotopic (exact) mass is 451 g/mol. The summed E-state index contributed by atoms with van der Waals surface area (Å²) in [6.45, 7) is 1.98. The van der Waals surface area contributed by atoms with Crippen molar-refractivity contribution in [1.29, 1.82) is 0 Å². The van der Waals surface area contributed by atoms with Crippen molar-refractivity contribution in [3.05, 3.63) is 81.2 Å². The molecule has 2 aromatic carbocycles. The van der Waals surface area contributed by atoms with Crippen LogP contribution in [0.4, 0.5) is 0 Å². The van der Waals surface area contributed by atoms with E-state index in [0.717, 1.165) is 16.8 Å². The lowest BCUT2D eigenvalue weighted by Gasteiger charge is -2.36. The number of dihydropyridines is 1. The number of hydrogen-bond acceptors (Lipinski definition) is 6. The van der Waals surface area contributed by atoms with Crippen LogP contribution in [0.1, 0.15) is 42.7 Å². The predicted octanol–water partition coefficient (Wildman–Crippen LogP) is 4.60. The van der Waals surface area contributed by atoms with Crippen molar-refractivity contribution < 1.29 is 23.8 Å². The van der Waals surface area contributed by atoms with Crippen molar-refractivity contribution in [2.24, 2.45) is 0 Å². The van der Waals surface area contributed by atoms with Crippen LogP contribution in [0, 0.1) is 0 Å². The number of rotatable bonds is 3. The number of fused-ring (bicyclic) bond motifs is 1. The van der Waals surface area contributed by atoms with E-state index in [0.29, 0.717) is 46.2 Å². The van der Waals surface area contributed by atoms with Crippen molar-refractivity contribution >= 4 is 23.4 Å². The topological polar surface area (TPSA) is 73.9 Å². The molecule has 2 heterocycles. The lowest BCUT2D eigenvalue weighted by atomic mass is 9.71. The third-order valence-corrected chi connectivity index (χ3v) is 6.65. The molecule has 2 atom stereocenters. The molecule has 5 rings (SSSR count). The lowest BCUT2D eigenvalue weighted by molar-refractivity contribution is -0.136. The van der Waals surface area contributed by atoms with E-state index in [9.17, 15) is 9.59 Å². The van der Waals surface area contributed by atoms with Crippen LogP contribution < -0.4 is 14.8 Å². The van der Waals surface area contributed by atoms with Gasteiger partial charge >= 0.3 is 5.97 Å². The molecule has 1 aliphatic carbocycles. The van der Waals surface area contributed by atoms with Gasteiger partial charge in [-0.1, -0.05) is 35.9 Å². The normalized spacial score (nSPS) is 21.9. The van der Waals surface area contributed by atoms with Gasteiger partial charge in [0.2, 0.25) is 6.79 Å². The second-order valence-electron chi connectivity index (χ2n) is 8.14. The average molecular weight is 452 g/mol. The van der Waals surface area contributed by atoms with Gasteiger partial charge in [0.15, 0.2) is 17.3 Å². The standard InChI is InChI=1S/C25H22ClNO5/c1-13-22(25(29)30-2)23(14-7-8-20-21(11-14)32-12-31-20)24-18(27-13)9-15(10-19(24)28)16-5-3-4-6-17(16)26/h3-8,11,15,23,27H,9-10,12H2,1-2H3/t15-,23-/m0/s1. The third-order valence-electron chi connectivity index (χ3n) is 6.31. The Morgan fingerprint density at radius 2 is 1.91 bits per heavy atom. The van der Waals surface area contributed by atoms with Crippen molar-refractivity contribution in [3.8, 4) is 11.5 Å². The first-order chi connectivity index (χ1) is 15.5. The number of ether oxygens (including phenoxy) is 3. The first-order valence-corrected chi connectivity index (χ1v) is 10.8. The molecule has 3 aliphatic rings. The Balaban J connectivity index is 1.61. The minimum absolute atomic E-state index is 0.0137. The predicted molar refractivity (Wildman–Crippen MR) is 119 cm³/mol. The molecule has 0 bridgehead atoms. The van der Waals surface area contributed by atoms with Gasteiger partial charge in [0.25, 0.3) is 0 Å². The van der Waals surface area contributed by atoms with E-state index in [4.69, 9.17) is 25.8 Å². The number of Topliss-reactive ketones (excluding diaryl/α,β-unsaturated/α-hetero) is 1. The quantitative estimate of drug-likeness (QED) is 0.687. The van der Waals surface area contributed by atoms with Crippen LogP contribution in [0.25, 0.3) is 0 Å². The Kier molecular flexibility index (Phi) is 5.18. The van der Waals surface area contributed by atoms with Gasteiger partial charge in [-0.2, -0.15) is 0 Å². The largest absolute Gasteiger partial charge is 0.466 e. The molecule has 2 aromatic rings. The Bertz CT molecular complexity index is 1200. The molecule has 0 saturated carbocycles. The second kappa shape index (κ2) is 8.02. The fourth-order valence-electron chi connectivity index (χ4n) is 4.87. The summed E-state index contributed by atoms with van der Waals surface area (Å²) in [6, 6.07) is 13.1. The molecule has 32 heavy (non-hydrogen) atoms.